The van der Waals surface area contributed by atoms with Crippen molar-refractivity contribution in [2.24, 2.45) is 0 Å². The van der Waals surface area contributed by atoms with E-state index in [1.165, 1.54) is 87.0 Å². The summed E-state index contributed by atoms with van der Waals surface area (Å²) in [6.07, 6.45) is 16.4. The van der Waals surface area contributed by atoms with E-state index in [0.29, 0.717) is 0 Å². The molecule has 0 atom stereocenters. The van der Waals surface area contributed by atoms with Gasteiger partial charge in [0.25, 0.3) is 0 Å². The molecule has 132 valence electrons. The molecular weight excluding hydrogens is 290 g/mol. The largest absolute Gasteiger partial charge is 0.398 e. The molecule has 0 saturated heterocycles. The molecule has 2 rings (SSSR count). The molecule has 0 amide bonds. The summed E-state index contributed by atoms with van der Waals surface area (Å²) in [6, 6.07) is 12.8. The molecule has 0 radical (unpaired) electrons. The zero-order valence-corrected chi connectivity index (χ0v) is 15.5. The molecule has 0 saturated carbocycles. The average molecular weight is 326 g/mol. The van der Waals surface area contributed by atoms with Crippen LogP contribution in [0.4, 0.5) is 5.69 Å². The van der Waals surface area contributed by atoms with E-state index in [9.17, 15) is 0 Å². The Morgan fingerprint density at radius 3 is 1.92 bits per heavy atom. The highest BCUT2D eigenvalue weighted by Gasteiger charge is 2.03. The normalized spacial score (nSPS) is 11.2. The average Bonchev–Trinajstić information content (AvgIpc) is 2.61. The Labute approximate surface area is 148 Å². The van der Waals surface area contributed by atoms with Gasteiger partial charge in [0.05, 0.1) is 0 Å². The lowest BCUT2D eigenvalue weighted by Crippen LogP contribution is -1.96. The standard InChI is InChI=1S/C23H35N/c1-2-3-4-5-6-7-8-9-10-11-12-16-21-19-18-20-15-13-14-17-22(20)23(21)24/h13-15,17-19H,2-12,16,24H2,1H3. The highest BCUT2D eigenvalue weighted by Crippen LogP contribution is 2.26. The summed E-state index contributed by atoms with van der Waals surface area (Å²) in [5.74, 6) is 0. The maximum atomic E-state index is 6.35. The fourth-order valence-corrected chi connectivity index (χ4v) is 3.54. The first kappa shape index (κ1) is 18.8. The highest BCUT2D eigenvalue weighted by molar-refractivity contribution is 5.94. The van der Waals surface area contributed by atoms with E-state index in [1.54, 1.807) is 0 Å². The van der Waals surface area contributed by atoms with Crippen LogP contribution in [0.2, 0.25) is 0 Å². The Morgan fingerprint density at radius 1 is 0.667 bits per heavy atom. The minimum atomic E-state index is 0.986. The Bertz CT molecular complexity index is 588. The van der Waals surface area contributed by atoms with Crippen molar-refractivity contribution < 1.29 is 0 Å². The number of nitrogens with two attached hydrogens (primary N) is 1. The fraction of sp³-hybridized carbons (Fsp3) is 0.565. The molecule has 0 bridgehead atoms. The van der Waals surface area contributed by atoms with Crippen LogP contribution in [0, 0.1) is 0 Å². The van der Waals surface area contributed by atoms with Crippen molar-refractivity contribution >= 4 is 16.5 Å². The lowest BCUT2D eigenvalue weighted by atomic mass is 9.99. The van der Waals surface area contributed by atoms with Crippen LogP contribution in [0.5, 0.6) is 0 Å². The van der Waals surface area contributed by atoms with Crippen molar-refractivity contribution in [2.75, 3.05) is 5.73 Å². The molecule has 0 spiro atoms. The number of fused-ring (bicyclic) bond motifs is 1. The van der Waals surface area contributed by atoms with E-state index < -0.39 is 0 Å². The molecule has 0 aliphatic heterocycles. The molecular formula is C23H35N. The van der Waals surface area contributed by atoms with E-state index in [1.807, 2.05) is 0 Å². The van der Waals surface area contributed by atoms with Crippen molar-refractivity contribution in [2.45, 2.75) is 84.0 Å². The van der Waals surface area contributed by atoms with Gasteiger partial charge in [0, 0.05) is 11.1 Å². The molecule has 0 aliphatic rings. The van der Waals surface area contributed by atoms with Crippen molar-refractivity contribution in [3.63, 3.8) is 0 Å². The van der Waals surface area contributed by atoms with Gasteiger partial charge in [0.1, 0.15) is 0 Å². The van der Waals surface area contributed by atoms with Crippen LogP contribution in [0.3, 0.4) is 0 Å². The summed E-state index contributed by atoms with van der Waals surface area (Å²) in [7, 11) is 0. The lowest BCUT2D eigenvalue weighted by Gasteiger charge is -2.09. The number of hydrogen-bond donors (Lipinski definition) is 1. The predicted octanol–water partition coefficient (Wildman–Crippen LogP) is 7.28. The molecule has 0 fully saturated rings. The fourth-order valence-electron chi connectivity index (χ4n) is 3.54. The molecule has 0 aliphatic carbocycles. The van der Waals surface area contributed by atoms with E-state index >= 15 is 0 Å². The summed E-state index contributed by atoms with van der Waals surface area (Å²) in [6.45, 7) is 2.28. The Kier molecular flexibility index (Phi) is 8.73. The molecule has 24 heavy (non-hydrogen) atoms. The first-order valence-corrected chi connectivity index (χ1v) is 10.1. The van der Waals surface area contributed by atoms with Gasteiger partial charge in [-0.25, -0.2) is 0 Å². The second-order valence-corrected chi connectivity index (χ2v) is 7.15. The van der Waals surface area contributed by atoms with Gasteiger partial charge in [-0.2, -0.15) is 0 Å². The molecule has 2 N–H and O–H groups in total. The zero-order valence-electron chi connectivity index (χ0n) is 15.5. The summed E-state index contributed by atoms with van der Waals surface area (Å²) < 4.78 is 0. The van der Waals surface area contributed by atoms with E-state index in [-0.39, 0.29) is 0 Å². The molecule has 0 aromatic heterocycles. The van der Waals surface area contributed by atoms with Gasteiger partial charge in [-0.05, 0) is 23.8 Å². The third-order valence-electron chi connectivity index (χ3n) is 5.11. The molecule has 0 unspecified atom stereocenters. The maximum Gasteiger partial charge on any atom is 0.0426 e. The SMILES string of the molecule is CCCCCCCCCCCCCc1ccc2ccccc2c1N. The predicted molar refractivity (Wildman–Crippen MR) is 109 cm³/mol. The first-order chi connectivity index (χ1) is 11.8. The van der Waals surface area contributed by atoms with Gasteiger partial charge in [-0.15, -0.1) is 0 Å². The number of rotatable bonds is 12. The number of nitrogen functional groups attached to an aromatic ring is 1. The van der Waals surface area contributed by atoms with Crippen LogP contribution in [0.1, 0.15) is 83.1 Å². The Balaban J connectivity index is 1.57. The molecule has 2 aromatic carbocycles. The van der Waals surface area contributed by atoms with Crippen molar-refractivity contribution in [3.8, 4) is 0 Å². The zero-order chi connectivity index (χ0) is 17.0. The highest BCUT2D eigenvalue weighted by atomic mass is 14.6. The van der Waals surface area contributed by atoms with Crippen LogP contribution >= 0.6 is 0 Å². The van der Waals surface area contributed by atoms with Crippen molar-refractivity contribution in [1.29, 1.82) is 0 Å². The number of benzene rings is 2. The molecule has 1 heteroatoms. The van der Waals surface area contributed by atoms with Crippen molar-refractivity contribution in [1.82, 2.24) is 0 Å². The van der Waals surface area contributed by atoms with Crippen LogP contribution in [0.15, 0.2) is 36.4 Å². The van der Waals surface area contributed by atoms with Crippen LogP contribution in [0.25, 0.3) is 10.8 Å². The minimum absolute atomic E-state index is 0.986. The number of unbranched alkanes of at least 4 members (excludes halogenated alkanes) is 10. The van der Waals surface area contributed by atoms with Crippen molar-refractivity contribution in [3.05, 3.63) is 42.0 Å². The monoisotopic (exact) mass is 325 g/mol. The van der Waals surface area contributed by atoms with Gasteiger partial charge in [0.2, 0.25) is 0 Å². The molecule has 2 aromatic rings. The summed E-state index contributed by atoms with van der Waals surface area (Å²) >= 11 is 0. The second kappa shape index (κ2) is 11.1. The number of anilines is 1. The van der Waals surface area contributed by atoms with Gasteiger partial charge < -0.3 is 5.73 Å². The third-order valence-corrected chi connectivity index (χ3v) is 5.11. The first-order valence-electron chi connectivity index (χ1n) is 10.1. The number of hydrogen-bond acceptors (Lipinski definition) is 1. The van der Waals surface area contributed by atoms with Crippen LogP contribution < -0.4 is 5.73 Å². The van der Waals surface area contributed by atoms with Gasteiger partial charge in [-0.1, -0.05) is 108 Å². The van der Waals surface area contributed by atoms with E-state index in [0.717, 1.165) is 12.1 Å². The third kappa shape index (κ3) is 6.19. The molecule has 1 nitrogen and oxygen atoms in total. The quantitative estimate of drug-likeness (QED) is 0.322. The summed E-state index contributed by atoms with van der Waals surface area (Å²) in [4.78, 5) is 0. The van der Waals surface area contributed by atoms with Crippen LogP contribution in [-0.4, -0.2) is 0 Å². The second-order valence-electron chi connectivity index (χ2n) is 7.15. The van der Waals surface area contributed by atoms with Gasteiger partial charge >= 0.3 is 0 Å². The van der Waals surface area contributed by atoms with Gasteiger partial charge in [0.15, 0.2) is 0 Å². The maximum absolute atomic E-state index is 6.35. The topological polar surface area (TPSA) is 26.0 Å². The van der Waals surface area contributed by atoms with E-state index in [4.69, 9.17) is 5.73 Å². The minimum Gasteiger partial charge on any atom is -0.398 e. The molecule has 0 heterocycles. The van der Waals surface area contributed by atoms with Crippen LogP contribution in [-0.2, 0) is 6.42 Å². The number of aryl methyl sites for hydroxylation is 1. The smallest absolute Gasteiger partial charge is 0.0426 e. The van der Waals surface area contributed by atoms with Gasteiger partial charge in [-0.3, -0.25) is 0 Å². The Morgan fingerprint density at radius 2 is 1.25 bits per heavy atom. The Hall–Kier alpha value is -1.50. The van der Waals surface area contributed by atoms with E-state index in [2.05, 4.69) is 43.3 Å². The summed E-state index contributed by atoms with van der Waals surface area (Å²) in [5.41, 5.74) is 8.66. The lowest BCUT2D eigenvalue weighted by molar-refractivity contribution is 0.549. The summed E-state index contributed by atoms with van der Waals surface area (Å²) in [5, 5.41) is 2.45.